The van der Waals surface area contributed by atoms with Crippen LogP contribution >= 0.6 is 0 Å². The first-order valence-electron chi connectivity index (χ1n) is 8.79. The maximum Gasteiger partial charge on any atom is 0.273 e. The van der Waals surface area contributed by atoms with Crippen LogP contribution < -0.4 is 10.1 Å². The summed E-state index contributed by atoms with van der Waals surface area (Å²) in [7, 11) is 0. The second kappa shape index (κ2) is 8.51. The molecule has 0 saturated carbocycles. The SMILES string of the molecule is Cc1cc(C(=O)NCC2CCN(C(=O)COc3ccccc3)CC2)no1. The van der Waals surface area contributed by atoms with E-state index < -0.39 is 0 Å². The van der Waals surface area contributed by atoms with Gasteiger partial charge in [-0.2, -0.15) is 0 Å². The van der Waals surface area contributed by atoms with Crippen molar-refractivity contribution in [3.05, 3.63) is 47.9 Å². The fourth-order valence-electron chi connectivity index (χ4n) is 2.94. The first-order chi connectivity index (χ1) is 12.6. The number of nitrogens with zero attached hydrogens (tertiary/aromatic N) is 2. The minimum absolute atomic E-state index is 0.00518. The molecule has 1 aromatic carbocycles. The lowest BCUT2D eigenvalue weighted by molar-refractivity contribution is -0.134. The molecule has 0 spiro atoms. The van der Waals surface area contributed by atoms with Crippen LogP contribution in [-0.2, 0) is 4.79 Å². The van der Waals surface area contributed by atoms with Gasteiger partial charge in [0.05, 0.1) is 0 Å². The van der Waals surface area contributed by atoms with Crippen molar-refractivity contribution in [1.29, 1.82) is 0 Å². The molecule has 1 aliphatic rings. The maximum absolute atomic E-state index is 12.2. The Labute approximate surface area is 152 Å². The Morgan fingerprint density at radius 2 is 2.00 bits per heavy atom. The number of nitrogens with one attached hydrogen (secondary N) is 1. The van der Waals surface area contributed by atoms with Gasteiger partial charge in [-0.1, -0.05) is 23.4 Å². The molecule has 0 radical (unpaired) electrons. The van der Waals surface area contributed by atoms with Gasteiger partial charge in [0.15, 0.2) is 12.3 Å². The van der Waals surface area contributed by atoms with Crippen molar-refractivity contribution >= 4 is 11.8 Å². The predicted octanol–water partition coefficient (Wildman–Crippen LogP) is 2.03. The Bertz CT molecular complexity index is 736. The Morgan fingerprint density at radius 3 is 2.65 bits per heavy atom. The molecule has 138 valence electrons. The van der Waals surface area contributed by atoms with Gasteiger partial charge in [-0.05, 0) is 37.8 Å². The van der Waals surface area contributed by atoms with Crippen molar-refractivity contribution < 1.29 is 18.8 Å². The number of benzene rings is 1. The van der Waals surface area contributed by atoms with Gasteiger partial charge < -0.3 is 19.5 Å². The number of carbonyl (C=O) groups excluding carboxylic acids is 2. The highest BCUT2D eigenvalue weighted by Gasteiger charge is 2.23. The molecule has 1 N–H and O–H groups in total. The molecule has 7 nitrogen and oxygen atoms in total. The first kappa shape index (κ1) is 18.0. The number of hydrogen-bond donors (Lipinski definition) is 1. The molecule has 3 rings (SSSR count). The zero-order valence-corrected chi connectivity index (χ0v) is 14.8. The number of piperidine rings is 1. The zero-order chi connectivity index (χ0) is 18.4. The second-order valence-corrected chi connectivity index (χ2v) is 6.46. The molecular weight excluding hydrogens is 334 g/mol. The van der Waals surface area contributed by atoms with Gasteiger partial charge in [-0.15, -0.1) is 0 Å². The third kappa shape index (κ3) is 4.84. The van der Waals surface area contributed by atoms with Gasteiger partial charge in [0.25, 0.3) is 11.8 Å². The van der Waals surface area contributed by atoms with Crippen LogP contribution in [0.1, 0.15) is 29.1 Å². The smallest absolute Gasteiger partial charge is 0.273 e. The minimum Gasteiger partial charge on any atom is -0.484 e. The van der Waals surface area contributed by atoms with Crippen molar-refractivity contribution in [1.82, 2.24) is 15.4 Å². The summed E-state index contributed by atoms with van der Waals surface area (Å²) in [6, 6.07) is 10.9. The lowest BCUT2D eigenvalue weighted by Gasteiger charge is -2.32. The van der Waals surface area contributed by atoms with E-state index >= 15 is 0 Å². The molecule has 2 heterocycles. The van der Waals surface area contributed by atoms with E-state index in [2.05, 4.69) is 10.5 Å². The summed E-state index contributed by atoms with van der Waals surface area (Å²) < 4.78 is 10.4. The van der Waals surface area contributed by atoms with Gasteiger partial charge in [0.1, 0.15) is 11.5 Å². The number of ether oxygens (including phenoxy) is 1. The van der Waals surface area contributed by atoms with Crippen LogP contribution in [0.4, 0.5) is 0 Å². The van der Waals surface area contributed by atoms with E-state index in [1.54, 1.807) is 13.0 Å². The van der Waals surface area contributed by atoms with E-state index in [0.29, 0.717) is 42.8 Å². The summed E-state index contributed by atoms with van der Waals surface area (Å²) in [6.07, 6.45) is 1.71. The van der Waals surface area contributed by atoms with E-state index in [-0.39, 0.29) is 18.4 Å². The number of carbonyl (C=O) groups is 2. The van der Waals surface area contributed by atoms with Gasteiger partial charge >= 0.3 is 0 Å². The topological polar surface area (TPSA) is 84.7 Å². The van der Waals surface area contributed by atoms with Crippen LogP contribution in [0.5, 0.6) is 5.75 Å². The average Bonchev–Trinajstić information content (AvgIpc) is 3.12. The summed E-state index contributed by atoms with van der Waals surface area (Å²) in [5, 5.41) is 6.59. The predicted molar refractivity (Wildman–Crippen MR) is 94.8 cm³/mol. The third-order valence-electron chi connectivity index (χ3n) is 4.48. The quantitative estimate of drug-likeness (QED) is 0.855. The highest BCUT2D eigenvalue weighted by Crippen LogP contribution is 2.17. The summed E-state index contributed by atoms with van der Waals surface area (Å²) in [4.78, 5) is 26.0. The van der Waals surface area contributed by atoms with Crippen LogP contribution in [0, 0.1) is 12.8 Å². The summed E-state index contributed by atoms with van der Waals surface area (Å²) >= 11 is 0. The summed E-state index contributed by atoms with van der Waals surface area (Å²) in [5.41, 5.74) is 0.299. The molecule has 1 fully saturated rings. The van der Waals surface area contributed by atoms with Crippen LogP contribution in [0.15, 0.2) is 40.9 Å². The van der Waals surface area contributed by atoms with Gasteiger partial charge in [0.2, 0.25) is 0 Å². The largest absolute Gasteiger partial charge is 0.484 e. The zero-order valence-electron chi connectivity index (χ0n) is 14.8. The molecule has 26 heavy (non-hydrogen) atoms. The van der Waals surface area contributed by atoms with Crippen LogP contribution in [-0.4, -0.2) is 48.1 Å². The molecule has 0 aliphatic carbocycles. The molecular formula is C19H23N3O4. The second-order valence-electron chi connectivity index (χ2n) is 6.46. The number of rotatable bonds is 6. The van der Waals surface area contributed by atoms with Gasteiger partial charge in [-0.3, -0.25) is 9.59 Å². The molecule has 0 atom stereocenters. The number of para-hydroxylation sites is 1. The number of aryl methyl sites for hydroxylation is 1. The van der Waals surface area contributed by atoms with Crippen molar-refractivity contribution in [3.63, 3.8) is 0 Å². The average molecular weight is 357 g/mol. The maximum atomic E-state index is 12.2. The first-order valence-corrected chi connectivity index (χ1v) is 8.79. The van der Waals surface area contributed by atoms with E-state index in [0.717, 1.165) is 12.8 Å². The Hall–Kier alpha value is -2.83. The van der Waals surface area contributed by atoms with Crippen molar-refractivity contribution in [3.8, 4) is 5.75 Å². The Morgan fingerprint density at radius 1 is 1.27 bits per heavy atom. The highest BCUT2D eigenvalue weighted by atomic mass is 16.5. The van der Waals surface area contributed by atoms with Crippen molar-refractivity contribution in [2.75, 3.05) is 26.2 Å². The van der Waals surface area contributed by atoms with E-state index in [9.17, 15) is 9.59 Å². The monoisotopic (exact) mass is 357 g/mol. The fraction of sp³-hybridized carbons (Fsp3) is 0.421. The normalized spacial score (nSPS) is 14.9. The van der Waals surface area contributed by atoms with Crippen LogP contribution in [0.2, 0.25) is 0 Å². The number of likely N-dealkylation sites (tertiary alicyclic amines) is 1. The van der Waals surface area contributed by atoms with Gasteiger partial charge in [0, 0.05) is 25.7 Å². The molecule has 1 aromatic heterocycles. The van der Waals surface area contributed by atoms with E-state index in [1.165, 1.54) is 0 Å². The molecule has 0 unspecified atom stereocenters. The Kier molecular flexibility index (Phi) is 5.88. The van der Waals surface area contributed by atoms with Crippen LogP contribution in [0.3, 0.4) is 0 Å². The molecule has 0 bridgehead atoms. The Balaban J connectivity index is 1.37. The third-order valence-corrected chi connectivity index (χ3v) is 4.48. The molecule has 7 heteroatoms. The lowest BCUT2D eigenvalue weighted by Crippen LogP contribution is -2.43. The number of hydrogen-bond acceptors (Lipinski definition) is 5. The standard InChI is InChI=1S/C19H23N3O4/c1-14-11-17(21-26-14)19(24)20-12-15-7-9-22(10-8-15)18(23)13-25-16-5-3-2-4-6-16/h2-6,11,15H,7-10,12-13H2,1H3,(H,20,24). The number of aromatic nitrogens is 1. The van der Waals surface area contributed by atoms with Crippen LogP contribution in [0.25, 0.3) is 0 Å². The van der Waals surface area contributed by atoms with Crippen molar-refractivity contribution in [2.45, 2.75) is 19.8 Å². The fourth-order valence-corrected chi connectivity index (χ4v) is 2.94. The molecule has 2 amide bonds. The molecule has 1 saturated heterocycles. The van der Waals surface area contributed by atoms with Crippen molar-refractivity contribution in [2.24, 2.45) is 5.92 Å². The minimum atomic E-state index is -0.225. The van der Waals surface area contributed by atoms with E-state index in [1.807, 2.05) is 35.2 Å². The summed E-state index contributed by atoms with van der Waals surface area (Å²) in [6.45, 7) is 3.74. The molecule has 2 aromatic rings. The van der Waals surface area contributed by atoms with Gasteiger partial charge in [-0.25, -0.2) is 0 Å². The highest BCUT2D eigenvalue weighted by molar-refractivity contribution is 5.92. The molecule has 1 aliphatic heterocycles. The van der Waals surface area contributed by atoms with E-state index in [4.69, 9.17) is 9.26 Å². The summed E-state index contributed by atoms with van der Waals surface area (Å²) in [5.74, 6) is 1.43. The number of amides is 2. The lowest BCUT2D eigenvalue weighted by atomic mass is 9.96.